The van der Waals surface area contributed by atoms with Crippen LogP contribution in [0.3, 0.4) is 0 Å². The van der Waals surface area contributed by atoms with Crippen molar-refractivity contribution >= 4 is 31.5 Å². The predicted molar refractivity (Wildman–Crippen MR) is 108 cm³/mol. The van der Waals surface area contributed by atoms with Gasteiger partial charge in [0, 0.05) is 22.7 Å². The van der Waals surface area contributed by atoms with Crippen molar-refractivity contribution in [3.63, 3.8) is 0 Å². The van der Waals surface area contributed by atoms with Gasteiger partial charge in [-0.15, -0.1) is 0 Å². The lowest BCUT2D eigenvalue weighted by atomic mass is 10.00. The Morgan fingerprint density at radius 3 is 2.08 bits per heavy atom. The largest absolute Gasteiger partial charge is 0.411 e. The van der Waals surface area contributed by atoms with Gasteiger partial charge < -0.3 is 9.16 Å². The monoisotopic (exact) mass is 390 g/mol. The van der Waals surface area contributed by atoms with Gasteiger partial charge >= 0.3 is 0 Å². The molecule has 0 saturated heterocycles. The second kappa shape index (κ2) is 9.04. The third-order valence-corrected chi connectivity index (χ3v) is 10.1. The van der Waals surface area contributed by atoms with Crippen LogP contribution >= 0.6 is 23.2 Å². The highest BCUT2D eigenvalue weighted by atomic mass is 35.5. The molecule has 2 unspecified atom stereocenters. The van der Waals surface area contributed by atoms with Crippen molar-refractivity contribution in [3.05, 3.63) is 33.8 Å². The summed E-state index contributed by atoms with van der Waals surface area (Å²) in [6.07, 6.45) is 2.83. The minimum atomic E-state index is -1.93. The molecule has 0 saturated carbocycles. The van der Waals surface area contributed by atoms with E-state index in [1.165, 1.54) is 0 Å². The molecule has 0 heterocycles. The highest BCUT2D eigenvalue weighted by Crippen LogP contribution is 2.42. The molecule has 0 aliphatic carbocycles. The molecule has 0 aromatic heterocycles. The molecular formula is C19H32Cl2O2Si. The quantitative estimate of drug-likeness (QED) is 0.434. The molecule has 0 N–H and O–H groups in total. The summed E-state index contributed by atoms with van der Waals surface area (Å²) < 4.78 is 12.6. The molecule has 0 spiro atoms. The van der Waals surface area contributed by atoms with E-state index in [-0.39, 0.29) is 17.2 Å². The zero-order valence-electron chi connectivity index (χ0n) is 16.1. The average Bonchev–Trinajstić information content (AvgIpc) is 2.46. The van der Waals surface area contributed by atoms with Crippen LogP contribution in [-0.2, 0) is 9.16 Å². The molecule has 2 atom stereocenters. The number of benzene rings is 1. The maximum Gasteiger partial charge on any atom is 0.192 e. The summed E-state index contributed by atoms with van der Waals surface area (Å²) in [5.74, 6) is 0. The molecule has 0 aliphatic rings. The Morgan fingerprint density at radius 1 is 1.12 bits per heavy atom. The number of ether oxygens (including phenoxy) is 1. The van der Waals surface area contributed by atoms with Crippen LogP contribution in [-0.4, -0.2) is 21.5 Å². The van der Waals surface area contributed by atoms with Crippen LogP contribution in [0.25, 0.3) is 0 Å². The Hall–Kier alpha value is -0.0631. The number of hydrogen-bond donors (Lipinski definition) is 0. The lowest BCUT2D eigenvalue weighted by molar-refractivity contribution is -0.0111. The van der Waals surface area contributed by atoms with Crippen LogP contribution < -0.4 is 0 Å². The van der Waals surface area contributed by atoms with E-state index in [1.54, 1.807) is 7.11 Å². The molecule has 138 valence electrons. The first-order valence-electron chi connectivity index (χ1n) is 8.69. The van der Waals surface area contributed by atoms with E-state index in [1.807, 2.05) is 18.2 Å². The second-order valence-corrected chi connectivity index (χ2v) is 13.4. The minimum Gasteiger partial charge on any atom is -0.411 e. The smallest absolute Gasteiger partial charge is 0.192 e. The molecule has 1 aromatic rings. The van der Waals surface area contributed by atoms with Gasteiger partial charge in [0.05, 0.1) is 6.10 Å². The summed E-state index contributed by atoms with van der Waals surface area (Å²) in [6.45, 7) is 13.5. The predicted octanol–water partition coefficient (Wildman–Crippen LogP) is 7.26. The SMILES string of the molecule is CCCCC(O[Si](C)(C)C(C)(C)C)C(OC)c1c(Cl)cccc1Cl. The number of unbranched alkanes of at least 4 members (excludes halogenated alkanes) is 1. The van der Waals surface area contributed by atoms with Gasteiger partial charge in [0.15, 0.2) is 8.32 Å². The molecule has 24 heavy (non-hydrogen) atoms. The second-order valence-electron chi connectivity index (χ2n) is 7.85. The number of halogens is 2. The summed E-state index contributed by atoms with van der Waals surface area (Å²) in [5, 5.41) is 1.41. The van der Waals surface area contributed by atoms with Crippen molar-refractivity contribution in [2.24, 2.45) is 0 Å². The Labute approximate surface area is 159 Å². The summed E-state index contributed by atoms with van der Waals surface area (Å²) in [6, 6.07) is 5.58. The number of hydrogen-bond acceptors (Lipinski definition) is 2. The fraction of sp³-hybridized carbons (Fsp3) is 0.684. The van der Waals surface area contributed by atoms with Gasteiger partial charge in [-0.3, -0.25) is 0 Å². The summed E-state index contributed by atoms with van der Waals surface area (Å²) in [5.41, 5.74) is 0.836. The minimum absolute atomic E-state index is 0.0479. The van der Waals surface area contributed by atoms with Gasteiger partial charge in [-0.05, 0) is 36.7 Å². The standard InChI is InChI=1S/C19H32Cl2O2Si/c1-8-9-13-16(23-24(6,7)19(2,3)4)18(22-5)17-14(20)11-10-12-15(17)21/h10-12,16,18H,8-9,13H2,1-7H3. The van der Waals surface area contributed by atoms with Crippen molar-refractivity contribution in [1.29, 1.82) is 0 Å². The molecule has 0 aliphatic heterocycles. The molecule has 0 radical (unpaired) electrons. The fourth-order valence-electron chi connectivity index (χ4n) is 2.47. The first-order chi connectivity index (χ1) is 11.0. The first kappa shape index (κ1) is 22.0. The molecule has 5 heteroatoms. The van der Waals surface area contributed by atoms with Crippen molar-refractivity contribution in [2.45, 2.75) is 77.3 Å². The van der Waals surface area contributed by atoms with Gasteiger partial charge in [0.25, 0.3) is 0 Å². The lowest BCUT2D eigenvalue weighted by Gasteiger charge is -2.41. The van der Waals surface area contributed by atoms with E-state index in [0.717, 1.165) is 24.8 Å². The van der Waals surface area contributed by atoms with Crippen molar-refractivity contribution in [1.82, 2.24) is 0 Å². The third-order valence-electron chi connectivity index (χ3n) is 4.97. The van der Waals surface area contributed by atoms with Gasteiger partial charge in [-0.2, -0.15) is 0 Å². The van der Waals surface area contributed by atoms with Crippen molar-refractivity contribution in [3.8, 4) is 0 Å². The highest BCUT2D eigenvalue weighted by Gasteiger charge is 2.41. The molecule has 1 rings (SSSR count). The molecule has 0 amide bonds. The maximum absolute atomic E-state index is 6.72. The van der Waals surface area contributed by atoms with Crippen LogP contribution in [0.2, 0.25) is 28.2 Å². The van der Waals surface area contributed by atoms with Crippen molar-refractivity contribution in [2.75, 3.05) is 7.11 Å². The number of rotatable bonds is 8. The van der Waals surface area contributed by atoms with Crippen LogP contribution in [0.4, 0.5) is 0 Å². The van der Waals surface area contributed by atoms with Crippen LogP contribution in [0.1, 0.15) is 58.6 Å². The van der Waals surface area contributed by atoms with Crippen LogP contribution in [0, 0.1) is 0 Å². The molecule has 0 fully saturated rings. The molecule has 2 nitrogen and oxygen atoms in total. The van der Waals surface area contributed by atoms with Gasteiger partial charge in [0.2, 0.25) is 0 Å². The maximum atomic E-state index is 6.72. The van der Waals surface area contributed by atoms with E-state index < -0.39 is 8.32 Å². The summed E-state index contributed by atoms with van der Waals surface area (Å²) in [4.78, 5) is 0. The van der Waals surface area contributed by atoms with Crippen LogP contribution in [0.15, 0.2) is 18.2 Å². The van der Waals surface area contributed by atoms with Gasteiger partial charge in [-0.1, -0.05) is 69.8 Å². The Balaban J connectivity index is 3.21. The first-order valence-corrected chi connectivity index (χ1v) is 12.4. The fourth-order valence-corrected chi connectivity index (χ4v) is 4.44. The Morgan fingerprint density at radius 2 is 1.67 bits per heavy atom. The molecule has 0 bridgehead atoms. The van der Waals surface area contributed by atoms with Crippen molar-refractivity contribution < 1.29 is 9.16 Å². The summed E-state index contributed by atoms with van der Waals surface area (Å²) >= 11 is 12.9. The average molecular weight is 391 g/mol. The lowest BCUT2D eigenvalue weighted by Crippen LogP contribution is -2.45. The van der Waals surface area contributed by atoms with E-state index in [2.05, 4.69) is 40.8 Å². The number of methoxy groups -OCH3 is 1. The third kappa shape index (κ3) is 5.47. The topological polar surface area (TPSA) is 18.5 Å². The zero-order valence-corrected chi connectivity index (χ0v) is 18.6. The summed E-state index contributed by atoms with van der Waals surface area (Å²) in [7, 11) is -0.224. The molecular weight excluding hydrogens is 359 g/mol. The van der Waals surface area contributed by atoms with Gasteiger partial charge in [0.1, 0.15) is 6.10 Å². The normalized spacial score (nSPS) is 15.4. The van der Waals surface area contributed by atoms with E-state index in [9.17, 15) is 0 Å². The van der Waals surface area contributed by atoms with E-state index in [0.29, 0.717) is 10.0 Å². The van der Waals surface area contributed by atoms with E-state index in [4.69, 9.17) is 32.4 Å². The van der Waals surface area contributed by atoms with Gasteiger partial charge in [-0.25, -0.2) is 0 Å². The Bertz CT molecular complexity index is 506. The highest BCUT2D eigenvalue weighted by molar-refractivity contribution is 6.74. The Kier molecular flexibility index (Phi) is 8.28. The van der Waals surface area contributed by atoms with Crippen LogP contribution in [0.5, 0.6) is 0 Å². The van der Waals surface area contributed by atoms with E-state index >= 15 is 0 Å². The zero-order chi connectivity index (χ0) is 18.5. The molecule has 1 aromatic carbocycles.